The van der Waals surface area contributed by atoms with Gasteiger partial charge in [0.15, 0.2) is 0 Å². The average molecular weight is 416 g/mol. The lowest BCUT2D eigenvalue weighted by atomic mass is 9.99. The molecular weight excluding hydrogens is 392 g/mol. The molecule has 1 aliphatic carbocycles. The smallest absolute Gasteiger partial charge is 0.414 e. The number of ether oxygens (including phenoxy) is 1. The number of rotatable bonds is 4. The van der Waals surface area contributed by atoms with Crippen LogP contribution in [-0.2, 0) is 22.4 Å². The summed E-state index contributed by atoms with van der Waals surface area (Å²) in [7, 11) is 0. The van der Waals surface area contributed by atoms with E-state index in [1.165, 1.54) is 18.1 Å². The molecule has 7 nitrogen and oxygen atoms in total. The van der Waals surface area contributed by atoms with Crippen molar-refractivity contribution in [2.75, 3.05) is 18.0 Å². The molecule has 2 heterocycles. The minimum absolute atomic E-state index is 0.134. The third kappa shape index (κ3) is 3.67. The van der Waals surface area contributed by atoms with E-state index in [0.717, 1.165) is 47.5 Å². The quantitative estimate of drug-likeness (QED) is 0.679. The van der Waals surface area contributed by atoms with Crippen LogP contribution >= 0.6 is 0 Å². The molecule has 2 amide bonds. The number of benzene rings is 2. The van der Waals surface area contributed by atoms with Crippen LogP contribution in [0, 0.1) is 0 Å². The zero-order valence-electron chi connectivity index (χ0n) is 17.4. The summed E-state index contributed by atoms with van der Waals surface area (Å²) in [6.45, 7) is 2.20. The molecule has 3 aromatic rings. The van der Waals surface area contributed by atoms with Crippen molar-refractivity contribution in [3.8, 4) is 22.5 Å². The Morgan fingerprint density at radius 3 is 2.87 bits per heavy atom. The molecule has 2 aliphatic rings. The lowest BCUT2D eigenvalue weighted by molar-refractivity contribution is -0.119. The number of nitrogens with one attached hydrogen (secondary N) is 2. The number of hydrogen-bond donors (Lipinski definition) is 2. The Balaban J connectivity index is 1.43. The number of anilines is 1. The Hall–Kier alpha value is -3.61. The van der Waals surface area contributed by atoms with Crippen molar-refractivity contribution < 1.29 is 14.3 Å². The van der Waals surface area contributed by atoms with Crippen molar-refractivity contribution in [3.05, 3.63) is 59.7 Å². The molecule has 7 heteroatoms. The molecule has 1 fully saturated rings. The fourth-order valence-corrected chi connectivity index (χ4v) is 4.42. The Kier molecular flexibility index (Phi) is 4.94. The molecule has 1 unspecified atom stereocenters. The van der Waals surface area contributed by atoms with Gasteiger partial charge < -0.3 is 10.1 Å². The molecule has 1 aromatic heterocycles. The van der Waals surface area contributed by atoms with Gasteiger partial charge in [-0.15, -0.1) is 0 Å². The molecule has 0 radical (unpaired) electrons. The first-order valence-electron chi connectivity index (χ1n) is 10.6. The summed E-state index contributed by atoms with van der Waals surface area (Å²) in [6, 6.07) is 16.3. The van der Waals surface area contributed by atoms with Crippen LogP contribution in [-0.4, -0.2) is 41.4 Å². The first-order chi connectivity index (χ1) is 15.1. The van der Waals surface area contributed by atoms with Crippen LogP contribution in [0.15, 0.2) is 48.5 Å². The lowest BCUT2D eigenvalue weighted by Gasteiger charge is -2.16. The van der Waals surface area contributed by atoms with Gasteiger partial charge in [0.25, 0.3) is 0 Å². The van der Waals surface area contributed by atoms with Gasteiger partial charge >= 0.3 is 6.09 Å². The van der Waals surface area contributed by atoms with Gasteiger partial charge in [-0.25, -0.2) is 4.79 Å². The van der Waals surface area contributed by atoms with Crippen molar-refractivity contribution >= 4 is 17.7 Å². The predicted molar refractivity (Wildman–Crippen MR) is 118 cm³/mol. The van der Waals surface area contributed by atoms with E-state index in [1.807, 2.05) is 24.3 Å². The van der Waals surface area contributed by atoms with E-state index in [9.17, 15) is 9.59 Å². The highest BCUT2D eigenvalue weighted by Crippen LogP contribution is 2.38. The van der Waals surface area contributed by atoms with E-state index < -0.39 is 0 Å². The van der Waals surface area contributed by atoms with Gasteiger partial charge in [0.05, 0.1) is 24.5 Å². The third-order valence-electron chi connectivity index (χ3n) is 5.91. The van der Waals surface area contributed by atoms with E-state index in [4.69, 9.17) is 4.74 Å². The van der Waals surface area contributed by atoms with Gasteiger partial charge in [-0.2, -0.15) is 5.10 Å². The Morgan fingerprint density at radius 1 is 1.23 bits per heavy atom. The number of aryl methyl sites for hydroxylation is 1. The van der Waals surface area contributed by atoms with Crippen molar-refractivity contribution in [2.45, 2.75) is 32.3 Å². The van der Waals surface area contributed by atoms with Crippen LogP contribution in [0.1, 0.15) is 24.5 Å². The zero-order valence-corrected chi connectivity index (χ0v) is 17.4. The van der Waals surface area contributed by atoms with Crippen molar-refractivity contribution in [3.63, 3.8) is 0 Å². The number of carbonyl (C=O) groups is 2. The molecule has 1 saturated heterocycles. The maximum Gasteiger partial charge on any atom is 0.414 e. The van der Waals surface area contributed by atoms with Crippen molar-refractivity contribution in [2.24, 2.45) is 0 Å². The van der Waals surface area contributed by atoms with Crippen LogP contribution in [0.3, 0.4) is 0 Å². The highest BCUT2D eigenvalue weighted by atomic mass is 16.6. The minimum Gasteiger partial charge on any atom is -0.442 e. The maximum atomic E-state index is 12.4. The molecule has 31 heavy (non-hydrogen) atoms. The monoisotopic (exact) mass is 416 g/mol. The van der Waals surface area contributed by atoms with Crippen molar-refractivity contribution in [1.82, 2.24) is 15.5 Å². The zero-order chi connectivity index (χ0) is 21.4. The summed E-state index contributed by atoms with van der Waals surface area (Å²) in [5.41, 5.74) is 7.58. The van der Waals surface area contributed by atoms with Crippen LogP contribution < -0.4 is 10.2 Å². The number of aromatic amines is 1. The fourth-order valence-electron chi connectivity index (χ4n) is 4.42. The Bertz CT molecular complexity index is 1140. The van der Waals surface area contributed by atoms with Gasteiger partial charge in [-0.1, -0.05) is 36.4 Å². The topological polar surface area (TPSA) is 87.3 Å². The second kappa shape index (κ2) is 7.91. The molecule has 2 N–H and O–H groups in total. The highest BCUT2D eigenvalue weighted by molar-refractivity contribution is 5.91. The number of H-pyrrole nitrogens is 1. The number of nitrogens with zero attached hydrogens (tertiary/aromatic N) is 2. The molecule has 0 spiro atoms. The summed E-state index contributed by atoms with van der Waals surface area (Å²) >= 11 is 0. The standard InChI is InChI=1S/C24H24N4O3/c1-15(29)25-13-19-14-28(24(30)31-19)18-10-11-20-17(12-18)8-5-9-21-22(26-27-23(20)21)16-6-3-2-4-7-16/h2-4,6-7,10-12,19H,5,8-9,13-14H2,1H3,(H,25,29)(H,26,27). The number of amides is 2. The average Bonchev–Trinajstić information content (AvgIpc) is 3.31. The van der Waals surface area contributed by atoms with Gasteiger partial charge in [0.2, 0.25) is 5.91 Å². The molecule has 5 rings (SSSR count). The largest absolute Gasteiger partial charge is 0.442 e. The summed E-state index contributed by atoms with van der Waals surface area (Å²) in [5, 5.41) is 10.6. The molecule has 0 saturated carbocycles. The molecular formula is C24H24N4O3. The van der Waals surface area contributed by atoms with Crippen molar-refractivity contribution in [1.29, 1.82) is 0 Å². The molecule has 158 valence electrons. The van der Waals surface area contributed by atoms with E-state index in [2.05, 4.69) is 39.8 Å². The van der Waals surface area contributed by atoms with Gasteiger partial charge in [0.1, 0.15) is 6.10 Å². The first kappa shape index (κ1) is 19.4. The normalized spacial score (nSPS) is 17.5. The lowest BCUT2D eigenvalue weighted by Crippen LogP contribution is -2.33. The molecule has 1 atom stereocenters. The van der Waals surface area contributed by atoms with Gasteiger partial charge in [-0.05, 0) is 37.0 Å². The third-order valence-corrected chi connectivity index (χ3v) is 5.91. The Labute approximate surface area is 180 Å². The van der Waals surface area contributed by atoms with E-state index in [1.54, 1.807) is 4.90 Å². The second-order valence-corrected chi connectivity index (χ2v) is 8.04. The number of fused-ring (bicyclic) bond motifs is 3. The molecule has 1 aliphatic heterocycles. The van der Waals surface area contributed by atoms with Crippen LogP contribution in [0.5, 0.6) is 0 Å². The number of carbonyl (C=O) groups excluding carboxylic acids is 2. The minimum atomic E-state index is -0.377. The summed E-state index contributed by atoms with van der Waals surface area (Å²) < 4.78 is 5.41. The second-order valence-electron chi connectivity index (χ2n) is 8.04. The maximum absolute atomic E-state index is 12.4. The summed E-state index contributed by atoms with van der Waals surface area (Å²) in [5.74, 6) is -0.134. The van der Waals surface area contributed by atoms with Gasteiger partial charge in [-0.3, -0.25) is 14.8 Å². The van der Waals surface area contributed by atoms with E-state index in [0.29, 0.717) is 13.1 Å². The SMILES string of the molecule is CC(=O)NCC1CN(c2ccc3c(c2)CCCc2c(-c4ccccc4)n[nH]c2-3)C(=O)O1. The molecule has 2 aromatic carbocycles. The number of aromatic nitrogens is 2. The summed E-state index contributed by atoms with van der Waals surface area (Å²) in [6.07, 6.45) is 2.17. The Morgan fingerprint density at radius 2 is 2.06 bits per heavy atom. The summed E-state index contributed by atoms with van der Waals surface area (Å²) in [4.78, 5) is 25.2. The van der Waals surface area contributed by atoms with Crippen LogP contribution in [0.2, 0.25) is 0 Å². The number of hydrogen-bond acceptors (Lipinski definition) is 4. The number of cyclic esters (lactones) is 1. The predicted octanol–water partition coefficient (Wildman–Crippen LogP) is 3.69. The van der Waals surface area contributed by atoms with Crippen LogP contribution in [0.25, 0.3) is 22.5 Å². The fraction of sp³-hybridized carbons (Fsp3) is 0.292. The molecule has 0 bridgehead atoms. The van der Waals surface area contributed by atoms with E-state index in [-0.39, 0.29) is 18.1 Å². The highest BCUT2D eigenvalue weighted by Gasteiger charge is 2.33. The first-order valence-corrected chi connectivity index (χ1v) is 10.6. The van der Waals surface area contributed by atoms with Crippen LogP contribution in [0.4, 0.5) is 10.5 Å². The van der Waals surface area contributed by atoms with Gasteiger partial charge in [0, 0.05) is 29.3 Å². The van der Waals surface area contributed by atoms with E-state index >= 15 is 0 Å².